The summed E-state index contributed by atoms with van der Waals surface area (Å²) in [6.45, 7) is 0. The van der Waals surface area contributed by atoms with Gasteiger partial charge in [0.2, 0.25) is 0 Å². The third kappa shape index (κ3) is 2.74. The number of benzene rings is 1. The maximum absolute atomic E-state index is 10.6. The molecular formula is C10H10O5S. The van der Waals surface area contributed by atoms with Crippen molar-refractivity contribution in [3.05, 3.63) is 30.3 Å². The first-order chi connectivity index (χ1) is 7.47. The largest absolute Gasteiger partial charge is 0.479 e. The van der Waals surface area contributed by atoms with E-state index < -0.39 is 23.3 Å². The first-order valence-electron chi connectivity index (χ1n) is 4.34. The lowest BCUT2D eigenvalue weighted by Crippen LogP contribution is -2.48. The fraction of sp³-hybridized carbons (Fsp3) is 0.200. The van der Waals surface area contributed by atoms with Crippen LogP contribution in [0.1, 0.15) is 0 Å². The second kappa shape index (κ2) is 5.00. The van der Waals surface area contributed by atoms with Crippen molar-refractivity contribution in [2.75, 3.05) is 5.75 Å². The average molecular weight is 242 g/mol. The molecule has 1 rings (SSSR count). The van der Waals surface area contributed by atoms with Crippen LogP contribution < -0.4 is 0 Å². The zero-order chi connectivity index (χ0) is 12.2. The summed E-state index contributed by atoms with van der Waals surface area (Å²) in [6, 6.07) is 8.67. The Balaban J connectivity index is 2.72. The second-order valence-electron chi connectivity index (χ2n) is 3.07. The number of rotatable bonds is 5. The Hall–Kier alpha value is -1.53. The van der Waals surface area contributed by atoms with Gasteiger partial charge >= 0.3 is 11.9 Å². The number of carbonyl (C=O) groups is 2. The van der Waals surface area contributed by atoms with Crippen molar-refractivity contribution < 1.29 is 24.9 Å². The molecule has 0 amide bonds. The summed E-state index contributed by atoms with van der Waals surface area (Å²) in [5.74, 6) is -3.96. The van der Waals surface area contributed by atoms with E-state index in [0.29, 0.717) is 4.90 Å². The van der Waals surface area contributed by atoms with Gasteiger partial charge in [-0.3, -0.25) is 0 Å². The van der Waals surface area contributed by atoms with Gasteiger partial charge in [-0.25, -0.2) is 9.59 Å². The number of carboxylic acids is 2. The Bertz CT molecular complexity index is 375. The fourth-order valence-electron chi connectivity index (χ4n) is 0.919. The molecule has 6 heteroatoms. The molecule has 0 aliphatic rings. The summed E-state index contributed by atoms with van der Waals surface area (Å²) >= 11 is 0.972. The molecule has 0 spiro atoms. The maximum Gasteiger partial charge on any atom is 0.348 e. The van der Waals surface area contributed by atoms with Crippen molar-refractivity contribution in [2.24, 2.45) is 0 Å². The van der Waals surface area contributed by atoms with Crippen LogP contribution in [0.3, 0.4) is 0 Å². The molecule has 0 aliphatic heterocycles. The van der Waals surface area contributed by atoms with E-state index in [2.05, 4.69) is 0 Å². The third-order valence-corrected chi connectivity index (χ3v) is 3.07. The van der Waals surface area contributed by atoms with E-state index >= 15 is 0 Å². The molecule has 86 valence electrons. The summed E-state index contributed by atoms with van der Waals surface area (Å²) in [4.78, 5) is 22.0. The number of hydrogen-bond acceptors (Lipinski definition) is 4. The van der Waals surface area contributed by atoms with Crippen LogP contribution in [0.25, 0.3) is 0 Å². The minimum Gasteiger partial charge on any atom is -0.479 e. The topological polar surface area (TPSA) is 94.8 Å². The van der Waals surface area contributed by atoms with E-state index in [9.17, 15) is 14.7 Å². The van der Waals surface area contributed by atoms with E-state index in [1.165, 1.54) is 0 Å². The molecule has 0 unspecified atom stereocenters. The summed E-state index contributed by atoms with van der Waals surface area (Å²) < 4.78 is 0. The van der Waals surface area contributed by atoms with Gasteiger partial charge < -0.3 is 15.3 Å². The van der Waals surface area contributed by atoms with E-state index in [1.807, 2.05) is 0 Å². The SMILES string of the molecule is O=C(O)C(O)(CSc1ccccc1)C(=O)O. The predicted molar refractivity (Wildman–Crippen MR) is 57.4 cm³/mol. The highest BCUT2D eigenvalue weighted by molar-refractivity contribution is 7.99. The molecule has 0 aromatic heterocycles. The molecule has 3 N–H and O–H groups in total. The fourth-order valence-corrected chi connectivity index (χ4v) is 1.89. The van der Waals surface area contributed by atoms with Crippen LogP contribution in [0.15, 0.2) is 35.2 Å². The molecule has 0 saturated heterocycles. The van der Waals surface area contributed by atoms with Crippen molar-refractivity contribution >= 4 is 23.7 Å². The van der Waals surface area contributed by atoms with Crippen molar-refractivity contribution in [2.45, 2.75) is 10.5 Å². The molecule has 0 saturated carbocycles. The Morgan fingerprint density at radius 3 is 2.06 bits per heavy atom. The van der Waals surface area contributed by atoms with Crippen LogP contribution >= 0.6 is 11.8 Å². The van der Waals surface area contributed by atoms with Gasteiger partial charge in [-0.2, -0.15) is 0 Å². The lowest BCUT2D eigenvalue weighted by Gasteiger charge is -2.17. The molecule has 0 bridgehead atoms. The number of aliphatic hydroxyl groups is 1. The van der Waals surface area contributed by atoms with Crippen LogP contribution in [-0.4, -0.2) is 38.6 Å². The molecule has 0 aliphatic carbocycles. The Morgan fingerprint density at radius 1 is 1.12 bits per heavy atom. The van der Waals surface area contributed by atoms with E-state index in [-0.39, 0.29) is 0 Å². The van der Waals surface area contributed by atoms with Gasteiger partial charge in [0, 0.05) is 10.6 Å². The van der Waals surface area contributed by atoms with Gasteiger partial charge in [-0.15, -0.1) is 11.8 Å². The highest BCUT2D eigenvalue weighted by Crippen LogP contribution is 2.22. The molecule has 16 heavy (non-hydrogen) atoms. The van der Waals surface area contributed by atoms with Gasteiger partial charge in [0.15, 0.2) is 0 Å². The smallest absolute Gasteiger partial charge is 0.348 e. The van der Waals surface area contributed by atoms with Crippen molar-refractivity contribution in [1.82, 2.24) is 0 Å². The first kappa shape index (κ1) is 12.5. The van der Waals surface area contributed by atoms with E-state index in [4.69, 9.17) is 10.2 Å². The van der Waals surface area contributed by atoms with Gasteiger partial charge in [0.1, 0.15) is 0 Å². The Kier molecular flexibility index (Phi) is 3.92. The average Bonchev–Trinajstić information content (AvgIpc) is 2.26. The standard InChI is InChI=1S/C10H10O5S/c11-8(12)10(15,9(13)14)6-16-7-4-2-1-3-5-7/h1-5,15H,6H2,(H,11,12)(H,13,14). The maximum atomic E-state index is 10.6. The number of carboxylic acid groups (broad SMARTS) is 2. The molecule has 0 radical (unpaired) electrons. The van der Waals surface area contributed by atoms with Crippen molar-refractivity contribution in [3.8, 4) is 0 Å². The van der Waals surface area contributed by atoms with Crippen molar-refractivity contribution in [3.63, 3.8) is 0 Å². The third-order valence-electron chi connectivity index (χ3n) is 1.90. The zero-order valence-corrected chi connectivity index (χ0v) is 8.98. The normalized spacial score (nSPS) is 11.1. The molecule has 0 fully saturated rings. The Morgan fingerprint density at radius 2 is 1.62 bits per heavy atom. The monoisotopic (exact) mass is 242 g/mol. The van der Waals surface area contributed by atoms with Crippen molar-refractivity contribution in [1.29, 1.82) is 0 Å². The lowest BCUT2D eigenvalue weighted by molar-refractivity contribution is -0.172. The van der Waals surface area contributed by atoms with Gasteiger partial charge in [0.25, 0.3) is 5.60 Å². The number of hydrogen-bond donors (Lipinski definition) is 3. The molecular weight excluding hydrogens is 232 g/mol. The molecule has 1 aromatic carbocycles. The van der Waals surface area contributed by atoms with Crippen LogP contribution in [0.2, 0.25) is 0 Å². The minimum absolute atomic E-state index is 0.443. The highest BCUT2D eigenvalue weighted by Gasteiger charge is 2.44. The lowest BCUT2D eigenvalue weighted by atomic mass is 10.1. The summed E-state index contributed by atoms with van der Waals surface area (Å²) in [5, 5.41) is 26.7. The summed E-state index contributed by atoms with van der Waals surface area (Å²) in [6.07, 6.45) is 0. The van der Waals surface area contributed by atoms with E-state index in [0.717, 1.165) is 11.8 Å². The molecule has 1 aromatic rings. The summed E-state index contributed by atoms with van der Waals surface area (Å²) in [5.41, 5.74) is -2.75. The zero-order valence-electron chi connectivity index (χ0n) is 8.16. The molecule has 0 heterocycles. The summed E-state index contributed by atoms with van der Waals surface area (Å²) in [7, 11) is 0. The predicted octanol–water partition coefficient (Wildman–Crippen LogP) is 0.679. The van der Waals surface area contributed by atoms with Gasteiger partial charge in [-0.1, -0.05) is 18.2 Å². The molecule has 0 atom stereocenters. The highest BCUT2D eigenvalue weighted by atomic mass is 32.2. The molecule has 5 nitrogen and oxygen atoms in total. The Labute approximate surface area is 95.7 Å². The van der Waals surface area contributed by atoms with Crippen LogP contribution in [0, 0.1) is 0 Å². The minimum atomic E-state index is -2.75. The quantitative estimate of drug-likeness (QED) is 0.519. The number of aliphatic carboxylic acids is 2. The second-order valence-corrected chi connectivity index (χ2v) is 4.12. The van der Waals surface area contributed by atoms with Crippen LogP contribution in [-0.2, 0) is 9.59 Å². The van der Waals surface area contributed by atoms with Crippen LogP contribution in [0.5, 0.6) is 0 Å². The van der Waals surface area contributed by atoms with E-state index in [1.54, 1.807) is 30.3 Å². The van der Waals surface area contributed by atoms with Crippen LogP contribution in [0.4, 0.5) is 0 Å². The van der Waals surface area contributed by atoms with Gasteiger partial charge in [0.05, 0.1) is 0 Å². The van der Waals surface area contributed by atoms with Gasteiger partial charge in [-0.05, 0) is 12.1 Å². The first-order valence-corrected chi connectivity index (χ1v) is 5.32. The number of thioether (sulfide) groups is 1.